The van der Waals surface area contributed by atoms with Gasteiger partial charge in [0.25, 0.3) is 0 Å². The molecular formula is C51H95O2S2Si2Sn2. The molecule has 59 heavy (non-hydrogen) atoms. The van der Waals surface area contributed by atoms with Gasteiger partial charge in [-0.3, -0.25) is 0 Å². The molecule has 0 bridgehead atoms. The van der Waals surface area contributed by atoms with Gasteiger partial charge in [-0.2, -0.15) is 0 Å². The molecule has 8 heteroatoms. The zero-order chi connectivity index (χ0) is 43.2. The van der Waals surface area contributed by atoms with E-state index in [9.17, 15) is 0 Å². The second kappa shape index (κ2) is 29.3. The molecular weight excluding hydrogens is 1000 g/mol. The molecule has 0 saturated carbocycles. The summed E-state index contributed by atoms with van der Waals surface area (Å²) in [5.74, 6) is 2.66. The average Bonchev–Trinajstić information content (AvgIpc) is 3.87. The van der Waals surface area contributed by atoms with Crippen molar-refractivity contribution >= 4 is 103 Å². The quantitative estimate of drug-likeness (QED) is 0.0427. The predicted octanol–water partition coefficient (Wildman–Crippen LogP) is 18.8. The molecule has 3 aromatic rings. The second-order valence-electron chi connectivity index (χ2n) is 20.0. The van der Waals surface area contributed by atoms with Crippen molar-refractivity contribution in [3.63, 3.8) is 0 Å². The first-order valence-corrected chi connectivity index (χ1v) is 49.5. The van der Waals surface area contributed by atoms with Gasteiger partial charge in [0, 0.05) is 0 Å². The van der Waals surface area contributed by atoms with Crippen LogP contribution >= 0.6 is 22.7 Å². The molecule has 1 radical (unpaired) electrons. The standard InChI is InChI=1S/C46H80O2S2Si2.5CH3.2Sn/c1-7-13-19-25-35-51(36-26-20-14-8-2,37-27-21-15-9-3)47-43-41-31-33-50-46(41)44(42-32-34-49-45(42)43)48-52(38-28-22-16-10-4,39-29-23-17-11-5)40-30-24-18-12-6;;;;;;;/h31-32H,7-30,35-40H2,1-6H3;5*1H3;;. The Morgan fingerprint density at radius 1 is 0.441 bits per heavy atom. The Morgan fingerprint density at radius 3 is 1.03 bits per heavy atom. The molecule has 0 aliphatic rings. The van der Waals surface area contributed by atoms with Gasteiger partial charge in [-0.1, -0.05) is 0 Å². The van der Waals surface area contributed by atoms with Gasteiger partial charge in [-0.25, -0.2) is 0 Å². The predicted molar refractivity (Wildman–Crippen MR) is 284 cm³/mol. The van der Waals surface area contributed by atoms with E-state index in [-0.39, 0.29) is 0 Å². The Morgan fingerprint density at radius 2 is 0.746 bits per heavy atom. The van der Waals surface area contributed by atoms with E-state index < -0.39 is 54.8 Å². The SMILES string of the molecule is CCCCCC[Si](CCCCCC)(CCCCCC)Oc1c2c[c]([Sn]([CH3])([CH3])[CH3])sc2c(O[Si](CCCCCC)(CCCCCC)CCCCCC)c2c[c]([Sn]([CH3])[CH3])sc12. The van der Waals surface area contributed by atoms with Gasteiger partial charge in [0.1, 0.15) is 0 Å². The zero-order valence-electron chi connectivity index (χ0n) is 41.0. The first kappa shape index (κ1) is 54.1. The van der Waals surface area contributed by atoms with E-state index in [1.54, 1.807) is 5.79 Å². The maximum atomic E-state index is 8.21. The molecule has 2 heterocycles. The summed E-state index contributed by atoms with van der Waals surface area (Å²) in [6.07, 6.45) is 32.3. The molecule has 0 aliphatic carbocycles. The van der Waals surface area contributed by atoms with Crippen molar-refractivity contribution in [3.05, 3.63) is 12.1 Å². The number of hydrogen-bond donors (Lipinski definition) is 0. The Balaban J connectivity index is 2.37. The molecule has 339 valence electrons. The second-order valence-corrected chi connectivity index (χ2v) is 54.0. The van der Waals surface area contributed by atoms with Gasteiger partial charge in [0.2, 0.25) is 0 Å². The molecule has 0 aliphatic heterocycles. The van der Waals surface area contributed by atoms with Crippen LogP contribution in [-0.2, 0) is 0 Å². The summed E-state index contributed by atoms with van der Waals surface area (Å²) in [6.45, 7) is 14.2. The van der Waals surface area contributed by atoms with E-state index >= 15 is 0 Å². The third kappa shape index (κ3) is 17.9. The van der Waals surface area contributed by atoms with Crippen LogP contribution in [0.2, 0.25) is 61.0 Å². The first-order chi connectivity index (χ1) is 28.4. The molecule has 2 aromatic heterocycles. The van der Waals surface area contributed by atoms with Crippen molar-refractivity contribution in [1.82, 2.24) is 0 Å². The van der Waals surface area contributed by atoms with E-state index in [0.29, 0.717) is 0 Å². The zero-order valence-corrected chi connectivity index (χ0v) is 50.3. The van der Waals surface area contributed by atoms with Crippen LogP contribution in [0.15, 0.2) is 12.1 Å². The monoisotopic (exact) mass is 1100 g/mol. The van der Waals surface area contributed by atoms with Crippen molar-refractivity contribution in [2.75, 3.05) is 0 Å². The molecule has 0 atom stereocenters. The summed E-state index contributed by atoms with van der Waals surface area (Å²) in [5, 5.41) is 2.92. The summed E-state index contributed by atoms with van der Waals surface area (Å²) < 4.78 is 22.8. The van der Waals surface area contributed by atoms with Crippen LogP contribution in [0, 0.1) is 0 Å². The Kier molecular flexibility index (Phi) is 26.9. The topological polar surface area (TPSA) is 18.5 Å². The van der Waals surface area contributed by atoms with Crippen LogP contribution in [0.1, 0.15) is 196 Å². The van der Waals surface area contributed by atoms with Crippen molar-refractivity contribution in [1.29, 1.82) is 0 Å². The minimum atomic E-state index is -2.46. The Hall–Kier alpha value is 0.771. The number of rotatable bonds is 36. The van der Waals surface area contributed by atoms with Crippen LogP contribution in [0.25, 0.3) is 20.2 Å². The van der Waals surface area contributed by atoms with Crippen molar-refractivity contribution < 1.29 is 8.85 Å². The van der Waals surface area contributed by atoms with Crippen molar-refractivity contribution in [2.45, 2.75) is 257 Å². The average molecular weight is 1100 g/mol. The fourth-order valence-electron chi connectivity index (χ4n) is 9.25. The number of unbranched alkanes of at least 4 members (excludes halogenated alkanes) is 18. The van der Waals surface area contributed by atoms with E-state index in [2.05, 4.69) is 101 Å². The summed E-state index contributed by atoms with van der Waals surface area (Å²) >= 11 is 0.157. The summed E-state index contributed by atoms with van der Waals surface area (Å²) in [5.41, 5.74) is 0. The van der Waals surface area contributed by atoms with E-state index in [1.807, 2.05) is 0 Å². The van der Waals surface area contributed by atoms with Crippen LogP contribution in [0.5, 0.6) is 11.5 Å². The van der Waals surface area contributed by atoms with Crippen molar-refractivity contribution in [3.8, 4) is 11.5 Å². The Labute approximate surface area is 388 Å². The molecule has 0 saturated heterocycles. The third-order valence-electron chi connectivity index (χ3n) is 13.2. The fraction of sp³-hybridized carbons (Fsp3) is 0.804. The minimum absolute atomic E-state index is 1.31. The van der Waals surface area contributed by atoms with Gasteiger partial charge in [-0.15, -0.1) is 0 Å². The molecule has 2 nitrogen and oxygen atoms in total. The third-order valence-corrected chi connectivity index (χ3v) is 40.4. The summed E-state index contributed by atoms with van der Waals surface area (Å²) in [6, 6.07) is 13.4. The van der Waals surface area contributed by atoms with Crippen LogP contribution in [0.4, 0.5) is 0 Å². The molecule has 0 fully saturated rings. The Bertz CT molecular complexity index is 1400. The van der Waals surface area contributed by atoms with Gasteiger partial charge >= 0.3 is 392 Å². The number of fused-ring (bicyclic) bond motifs is 2. The van der Waals surface area contributed by atoms with Crippen LogP contribution in [-0.4, -0.2) is 54.8 Å². The summed E-state index contributed by atoms with van der Waals surface area (Å²) in [4.78, 5) is 13.1. The van der Waals surface area contributed by atoms with E-state index in [1.165, 1.54) is 222 Å². The molecule has 0 unspecified atom stereocenters. The molecule has 0 amide bonds. The number of thiophene rings is 2. The fourth-order valence-corrected chi connectivity index (χ4v) is 29.5. The van der Waals surface area contributed by atoms with E-state index in [4.69, 9.17) is 8.85 Å². The first-order valence-electron chi connectivity index (χ1n) is 25.7. The molecule has 0 N–H and O–H groups in total. The molecule has 0 spiro atoms. The molecule has 3 rings (SSSR count). The molecule has 1 aromatic carbocycles. The summed E-state index contributed by atoms with van der Waals surface area (Å²) in [7, 11) is -4.21. The maximum absolute atomic E-state index is 8.21. The van der Waals surface area contributed by atoms with Crippen LogP contribution in [0.3, 0.4) is 0 Å². The normalized spacial score (nSPS) is 12.8. The number of benzene rings is 1. The number of hydrogen-bond acceptors (Lipinski definition) is 4. The van der Waals surface area contributed by atoms with Gasteiger partial charge in [0.15, 0.2) is 0 Å². The van der Waals surface area contributed by atoms with Gasteiger partial charge in [0.05, 0.1) is 0 Å². The van der Waals surface area contributed by atoms with E-state index in [0.717, 1.165) is 0 Å². The van der Waals surface area contributed by atoms with Crippen LogP contribution < -0.4 is 14.6 Å². The van der Waals surface area contributed by atoms with Gasteiger partial charge in [-0.05, 0) is 0 Å². The van der Waals surface area contributed by atoms with Gasteiger partial charge < -0.3 is 0 Å². The van der Waals surface area contributed by atoms with Crippen molar-refractivity contribution in [2.24, 2.45) is 0 Å².